The molecular weight excluding hydrogens is 247 g/mol. The van der Waals surface area contributed by atoms with Crippen molar-refractivity contribution in [3.8, 4) is 5.75 Å². The Hall–Kier alpha value is -2.32. The molecule has 0 heterocycles. The van der Waals surface area contributed by atoms with Crippen LogP contribution in [0.1, 0.15) is 10.4 Å². The van der Waals surface area contributed by atoms with Gasteiger partial charge in [-0.25, -0.2) is 9.18 Å². The number of nitrogens with zero attached hydrogens (tertiary/aromatic N) is 1. The molecule has 0 spiro atoms. The number of carbonyl (C=O) groups is 1. The number of rotatable bonds is 4. The van der Waals surface area contributed by atoms with E-state index in [1.807, 2.05) is 0 Å². The van der Waals surface area contributed by atoms with Crippen molar-refractivity contribution in [1.82, 2.24) is 0 Å². The van der Waals surface area contributed by atoms with Crippen LogP contribution in [0.25, 0.3) is 0 Å². The average Bonchev–Trinajstić information content (AvgIpc) is 2.19. The molecule has 0 aliphatic carbocycles. The molecule has 0 saturated carbocycles. The van der Waals surface area contributed by atoms with E-state index < -0.39 is 40.3 Å². The minimum atomic E-state index is -3.37. The molecule has 0 fully saturated rings. The molecule has 1 N–H and O–H groups in total. The van der Waals surface area contributed by atoms with E-state index in [4.69, 9.17) is 5.11 Å². The van der Waals surface area contributed by atoms with Crippen LogP contribution in [-0.2, 0) is 0 Å². The van der Waals surface area contributed by atoms with Crippen molar-refractivity contribution in [2.24, 2.45) is 0 Å². The Labute approximate surface area is 91.4 Å². The number of aromatic carboxylic acids is 1. The summed E-state index contributed by atoms with van der Waals surface area (Å²) in [6.45, 7) is -3.37. The maximum Gasteiger partial charge on any atom is 0.387 e. The second kappa shape index (κ2) is 4.68. The molecular formula is C8H4F3NO5. The van der Waals surface area contributed by atoms with Crippen LogP contribution in [0.4, 0.5) is 18.9 Å². The number of hydrogen-bond donors (Lipinski definition) is 1. The Morgan fingerprint density at radius 1 is 1.47 bits per heavy atom. The first-order valence-corrected chi connectivity index (χ1v) is 3.99. The molecule has 9 heteroatoms. The van der Waals surface area contributed by atoms with Gasteiger partial charge in [0.05, 0.1) is 11.0 Å². The fourth-order valence-electron chi connectivity index (χ4n) is 1.05. The van der Waals surface area contributed by atoms with Gasteiger partial charge in [-0.05, 0) is 0 Å². The first kappa shape index (κ1) is 12.7. The van der Waals surface area contributed by atoms with Gasteiger partial charge in [0.15, 0.2) is 11.6 Å². The molecule has 0 atom stereocenters. The fourth-order valence-corrected chi connectivity index (χ4v) is 1.05. The topological polar surface area (TPSA) is 89.7 Å². The Kier molecular flexibility index (Phi) is 3.51. The van der Waals surface area contributed by atoms with Crippen LogP contribution in [0.15, 0.2) is 12.1 Å². The second-order valence-corrected chi connectivity index (χ2v) is 2.74. The lowest BCUT2D eigenvalue weighted by Crippen LogP contribution is -2.08. The van der Waals surface area contributed by atoms with Crippen LogP contribution in [-0.4, -0.2) is 22.6 Å². The van der Waals surface area contributed by atoms with Crippen molar-refractivity contribution in [2.75, 3.05) is 0 Å². The molecule has 1 aromatic rings. The zero-order valence-corrected chi connectivity index (χ0v) is 7.89. The lowest BCUT2D eigenvalue weighted by molar-refractivity contribution is -0.385. The highest BCUT2D eigenvalue weighted by molar-refractivity contribution is 5.92. The molecule has 1 aromatic carbocycles. The van der Waals surface area contributed by atoms with E-state index in [1.165, 1.54) is 0 Å². The summed E-state index contributed by atoms with van der Waals surface area (Å²) < 4.78 is 40.4. The number of nitro groups is 1. The zero-order chi connectivity index (χ0) is 13.2. The van der Waals surface area contributed by atoms with Crippen molar-refractivity contribution in [3.05, 3.63) is 33.6 Å². The molecule has 0 aliphatic rings. The third-order valence-corrected chi connectivity index (χ3v) is 1.69. The van der Waals surface area contributed by atoms with E-state index >= 15 is 0 Å². The minimum Gasteiger partial charge on any atom is -0.477 e. The van der Waals surface area contributed by atoms with Crippen LogP contribution in [0.2, 0.25) is 0 Å². The highest BCUT2D eigenvalue weighted by Crippen LogP contribution is 2.28. The van der Waals surface area contributed by atoms with Crippen molar-refractivity contribution < 1.29 is 32.7 Å². The molecule has 0 aromatic heterocycles. The van der Waals surface area contributed by atoms with E-state index in [-0.39, 0.29) is 6.07 Å². The number of alkyl halides is 2. The Balaban J connectivity index is 3.34. The monoisotopic (exact) mass is 251 g/mol. The molecule has 92 valence electrons. The molecule has 0 bridgehead atoms. The number of hydrogen-bond acceptors (Lipinski definition) is 4. The van der Waals surface area contributed by atoms with Gasteiger partial charge in [0.2, 0.25) is 0 Å². The van der Waals surface area contributed by atoms with Gasteiger partial charge in [-0.2, -0.15) is 8.78 Å². The summed E-state index contributed by atoms with van der Waals surface area (Å²) in [6, 6.07) is 0.545. The van der Waals surface area contributed by atoms with Crippen LogP contribution < -0.4 is 4.74 Å². The largest absolute Gasteiger partial charge is 0.477 e. The number of nitro benzene ring substituents is 1. The number of ether oxygens (including phenoxy) is 1. The summed E-state index contributed by atoms with van der Waals surface area (Å²) in [5, 5.41) is 19.0. The maximum atomic E-state index is 13.1. The predicted octanol–water partition coefficient (Wildman–Crippen LogP) is 2.03. The van der Waals surface area contributed by atoms with Gasteiger partial charge in [-0.1, -0.05) is 0 Å². The summed E-state index contributed by atoms with van der Waals surface area (Å²) in [5.41, 5.74) is -1.98. The summed E-state index contributed by atoms with van der Waals surface area (Å²) in [4.78, 5) is 19.9. The summed E-state index contributed by atoms with van der Waals surface area (Å²) >= 11 is 0. The van der Waals surface area contributed by atoms with E-state index in [0.29, 0.717) is 6.07 Å². The third kappa shape index (κ3) is 2.83. The number of carboxylic acid groups (broad SMARTS) is 1. The van der Waals surface area contributed by atoms with Gasteiger partial charge in [0.1, 0.15) is 5.56 Å². The Morgan fingerprint density at radius 3 is 2.47 bits per heavy atom. The Bertz CT molecular complexity index is 476. The first-order chi connectivity index (χ1) is 7.82. The van der Waals surface area contributed by atoms with E-state index in [1.54, 1.807) is 0 Å². The number of carboxylic acids is 1. The van der Waals surface area contributed by atoms with Gasteiger partial charge in [-0.15, -0.1) is 0 Å². The third-order valence-electron chi connectivity index (χ3n) is 1.69. The van der Waals surface area contributed by atoms with Crippen molar-refractivity contribution in [1.29, 1.82) is 0 Å². The molecule has 1 rings (SSSR count). The highest BCUT2D eigenvalue weighted by Gasteiger charge is 2.24. The van der Waals surface area contributed by atoms with Crippen LogP contribution in [0.3, 0.4) is 0 Å². The second-order valence-electron chi connectivity index (χ2n) is 2.74. The molecule has 6 nitrogen and oxygen atoms in total. The average molecular weight is 251 g/mol. The zero-order valence-electron chi connectivity index (χ0n) is 7.89. The molecule has 17 heavy (non-hydrogen) atoms. The van der Waals surface area contributed by atoms with Gasteiger partial charge in [0.25, 0.3) is 5.69 Å². The normalized spacial score (nSPS) is 10.4. The summed E-state index contributed by atoms with van der Waals surface area (Å²) in [7, 11) is 0. The van der Waals surface area contributed by atoms with Crippen LogP contribution in [0.5, 0.6) is 5.75 Å². The molecule has 0 aliphatic heterocycles. The number of halogens is 3. The maximum absolute atomic E-state index is 13.1. The fraction of sp³-hybridized carbons (Fsp3) is 0.125. The SMILES string of the molecule is O=C(O)c1cc(OC(F)F)c(F)cc1[N+](=O)[O-]. The van der Waals surface area contributed by atoms with Crippen LogP contribution in [0, 0.1) is 15.9 Å². The molecule has 0 unspecified atom stereocenters. The highest BCUT2D eigenvalue weighted by atomic mass is 19.3. The van der Waals surface area contributed by atoms with Gasteiger partial charge in [0, 0.05) is 6.07 Å². The first-order valence-electron chi connectivity index (χ1n) is 3.99. The van der Waals surface area contributed by atoms with E-state index in [9.17, 15) is 28.1 Å². The van der Waals surface area contributed by atoms with Gasteiger partial charge >= 0.3 is 12.6 Å². The Morgan fingerprint density at radius 2 is 2.06 bits per heavy atom. The standard InChI is InChI=1S/C8H4F3NO5/c9-4-2-5(12(15)16)3(7(13)14)1-6(4)17-8(10)11/h1-2,8H,(H,13,14). The van der Waals surface area contributed by atoms with Gasteiger partial charge < -0.3 is 9.84 Å². The van der Waals surface area contributed by atoms with E-state index in [2.05, 4.69) is 4.74 Å². The quantitative estimate of drug-likeness (QED) is 0.653. The summed E-state index contributed by atoms with van der Waals surface area (Å²) in [6.07, 6.45) is 0. The lowest BCUT2D eigenvalue weighted by atomic mass is 10.1. The number of benzene rings is 1. The van der Waals surface area contributed by atoms with Crippen molar-refractivity contribution >= 4 is 11.7 Å². The molecule has 0 amide bonds. The van der Waals surface area contributed by atoms with Crippen molar-refractivity contribution in [3.63, 3.8) is 0 Å². The summed E-state index contributed by atoms with van der Waals surface area (Å²) in [5.74, 6) is -4.26. The predicted molar refractivity (Wildman–Crippen MR) is 46.6 cm³/mol. The molecule has 0 saturated heterocycles. The smallest absolute Gasteiger partial charge is 0.387 e. The van der Waals surface area contributed by atoms with Gasteiger partial charge in [-0.3, -0.25) is 10.1 Å². The lowest BCUT2D eigenvalue weighted by Gasteiger charge is -2.06. The van der Waals surface area contributed by atoms with Crippen LogP contribution >= 0.6 is 0 Å². The van der Waals surface area contributed by atoms with Crippen molar-refractivity contribution in [2.45, 2.75) is 6.61 Å². The molecule has 0 radical (unpaired) electrons. The van der Waals surface area contributed by atoms with E-state index in [0.717, 1.165) is 0 Å². The minimum absolute atomic E-state index is 0.209.